The van der Waals surface area contributed by atoms with Crippen molar-refractivity contribution in [2.24, 2.45) is 4.99 Å². The molecule has 112 valence electrons. The van der Waals surface area contributed by atoms with Gasteiger partial charge in [-0.15, -0.1) is 6.58 Å². The first-order valence-corrected chi connectivity index (χ1v) is 6.56. The van der Waals surface area contributed by atoms with Gasteiger partial charge < -0.3 is 5.11 Å². The van der Waals surface area contributed by atoms with Crippen LogP contribution in [0.5, 0.6) is 5.88 Å². The number of benzene rings is 1. The maximum absolute atomic E-state index is 11.7. The van der Waals surface area contributed by atoms with E-state index in [0.717, 1.165) is 10.3 Å². The van der Waals surface area contributed by atoms with Crippen molar-refractivity contribution >= 4 is 18.0 Å². The van der Waals surface area contributed by atoms with Crippen LogP contribution >= 0.6 is 0 Å². The molecule has 0 aliphatic heterocycles. The number of allylic oxidation sites excluding steroid dienone is 2. The second kappa shape index (κ2) is 7.03. The molecule has 0 atom stereocenters. The normalized spacial score (nSPS) is 11.3. The van der Waals surface area contributed by atoms with Gasteiger partial charge in [-0.25, -0.2) is 4.79 Å². The van der Waals surface area contributed by atoms with E-state index in [0.29, 0.717) is 0 Å². The Kier molecular flexibility index (Phi) is 4.87. The van der Waals surface area contributed by atoms with Crippen LogP contribution in [0.15, 0.2) is 63.6 Å². The second-order valence-corrected chi connectivity index (χ2v) is 4.37. The van der Waals surface area contributed by atoms with E-state index in [1.165, 1.54) is 24.4 Å². The van der Waals surface area contributed by atoms with Gasteiger partial charge in [0.2, 0.25) is 5.88 Å². The van der Waals surface area contributed by atoms with Crippen molar-refractivity contribution in [1.29, 1.82) is 0 Å². The van der Waals surface area contributed by atoms with Crippen molar-refractivity contribution < 1.29 is 5.11 Å². The molecule has 0 aliphatic rings. The molecular formula is C16H15N3O3. The molecule has 0 radical (unpaired) electrons. The lowest BCUT2D eigenvalue weighted by Crippen LogP contribution is -2.31. The molecule has 0 bridgehead atoms. The summed E-state index contributed by atoms with van der Waals surface area (Å²) in [4.78, 5) is 29.6. The summed E-state index contributed by atoms with van der Waals surface area (Å²) in [7, 11) is 0. The van der Waals surface area contributed by atoms with Crippen molar-refractivity contribution in [3.8, 4) is 5.88 Å². The molecule has 0 saturated carbocycles. The maximum atomic E-state index is 11.7. The van der Waals surface area contributed by atoms with Crippen LogP contribution in [-0.4, -0.2) is 20.9 Å². The number of nitrogens with one attached hydrogen (secondary N) is 1. The molecule has 2 N–H and O–H groups in total. The van der Waals surface area contributed by atoms with Gasteiger partial charge in [0.15, 0.2) is 0 Å². The molecule has 6 heteroatoms. The lowest BCUT2D eigenvalue weighted by molar-refractivity contribution is 0.409. The molecule has 2 aromatic rings. The monoisotopic (exact) mass is 297 g/mol. The summed E-state index contributed by atoms with van der Waals surface area (Å²) in [6.07, 6.45) is 5.85. The second-order valence-electron chi connectivity index (χ2n) is 4.37. The Morgan fingerprint density at radius 1 is 1.27 bits per heavy atom. The number of aliphatic imine (C=N–C) groups is 1. The highest BCUT2D eigenvalue weighted by Gasteiger charge is 2.10. The number of hydrogen-bond donors (Lipinski definition) is 2. The van der Waals surface area contributed by atoms with Crippen molar-refractivity contribution in [3.05, 3.63) is 75.5 Å². The molecule has 6 nitrogen and oxygen atoms in total. The molecular weight excluding hydrogens is 282 g/mol. The standard InChI is InChI=1S/C16H15N3O3/c1-2-11-19-15(21)13(14(20)18-16(19)22)9-6-10-17-12-7-4-3-5-8-12/h2-10,21H,1,11H2,(H,18,20,22). The summed E-state index contributed by atoms with van der Waals surface area (Å²) >= 11 is 0. The lowest BCUT2D eigenvalue weighted by Gasteiger charge is -2.06. The van der Waals surface area contributed by atoms with Crippen LogP contribution in [0.2, 0.25) is 0 Å². The van der Waals surface area contributed by atoms with Gasteiger partial charge in [-0.2, -0.15) is 0 Å². The SMILES string of the molecule is C=CCn1c(O)c(C=CC=Nc2ccccc2)c(=O)[nH]c1=O. The van der Waals surface area contributed by atoms with E-state index < -0.39 is 17.1 Å². The highest BCUT2D eigenvalue weighted by Crippen LogP contribution is 2.12. The molecule has 0 aliphatic carbocycles. The number of aromatic amines is 1. The third-order valence-corrected chi connectivity index (χ3v) is 2.85. The highest BCUT2D eigenvalue weighted by atomic mass is 16.3. The smallest absolute Gasteiger partial charge is 0.331 e. The quantitative estimate of drug-likeness (QED) is 0.652. The van der Waals surface area contributed by atoms with Gasteiger partial charge in [-0.1, -0.05) is 24.3 Å². The first-order valence-electron chi connectivity index (χ1n) is 6.56. The molecule has 0 saturated heterocycles. The molecule has 0 unspecified atom stereocenters. The van der Waals surface area contributed by atoms with Gasteiger partial charge in [-0.05, 0) is 24.3 Å². The molecule has 22 heavy (non-hydrogen) atoms. The fraction of sp³-hybridized carbons (Fsp3) is 0.0625. The van der Waals surface area contributed by atoms with E-state index in [2.05, 4.69) is 16.6 Å². The number of nitrogens with zero attached hydrogens (tertiary/aromatic N) is 2. The van der Waals surface area contributed by atoms with E-state index in [4.69, 9.17) is 0 Å². The topological polar surface area (TPSA) is 87.4 Å². The maximum Gasteiger partial charge on any atom is 0.331 e. The van der Waals surface area contributed by atoms with Crippen molar-refractivity contribution in [2.75, 3.05) is 0 Å². The third-order valence-electron chi connectivity index (χ3n) is 2.85. The van der Waals surface area contributed by atoms with E-state index in [1.807, 2.05) is 30.3 Å². The van der Waals surface area contributed by atoms with Gasteiger partial charge in [0.1, 0.15) is 5.56 Å². The lowest BCUT2D eigenvalue weighted by atomic mass is 10.3. The summed E-state index contributed by atoms with van der Waals surface area (Å²) < 4.78 is 1.02. The molecule has 0 amide bonds. The number of hydrogen-bond acceptors (Lipinski definition) is 4. The predicted octanol–water partition coefficient (Wildman–Crippen LogP) is 1.84. The third kappa shape index (κ3) is 3.49. The predicted molar refractivity (Wildman–Crippen MR) is 86.8 cm³/mol. The van der Waals surface area contributed by atoms with Gasteiger partial charge in [0.05, 0.1) is 5.69 Å². The number of rotatable bonds is 5. The van der Waals surface area contributed by atoms with Crippen molar-refractivity contribution in [2.45, 2.75) is 6.54 Å². The van der Waals surface area contributed by atoms with E-state index in [1.54, 1.807) is 0 Å². The van der Waals surface area contributed by atoms with Crippen LogP contribution < -0.4 is 11.2 Å². The van der Waals surface area contributed by atoms with Crippen LogP contribution in [0.4, 0.5) is 5.69 Å². The Morgan fingerprint density at radius 2 is 2.00 bits per heavy atom. The number of para-hydroxylation sites is 1. The minimum absolute atomic E-state index is 0.0130. The minimum atomic E-state index is -0.683. The van der Waals surface area contributed by atoms with Crippen LogP contribution in [0, 0.1) is 0 Å². The van der Waals surface area contributed by atoms with E-state index in [-0.39, 0.29) is 12.1 Å². The Morgan fingerprint density at radius 3 is 2.68 bits per heavy atom. The Hall–Kier alpha value is -3.15. The van der Waals surface area contributed by atoms with Gasteiger partial charge >= 0.3 is 5.69 Å². The zero-order chi connectivity index (χ0) is 15.9. The first-order chi connectivity index (χ1) is 10.6. The van der Waals surface area contributed by atoms with Crippen LogP contribution in [0.1, 0.15) is 5.56 Å². The van der Waals surface area contributed by atoms with Crippen LogP contribution in [-0.2, 0) is 6.54 Å². The number of H-pyrrole nitrogens is 1. The Balaban J connectivity index is 2.29. The van der Waals surface area contributed by atoms with Gasteiger partial charge in [-0.3, -0.25) is 19.3 Å². The highest BCUT2D eigenvalue weighted by molar-refractivity contribution is 5.80. The molecule has 1 aromatic carbocycles. The molecule has 1 aromatic heterocycles. The molecule has 2 rings (SSSR count). The van der Waals surface area contributed by atoms with Gasteiger partial charge in [0, 0.05) is 12.8 Å². The van der Waals surface area contributed by atoms with E-state index >= 15 is 0 Å². The average molecular weight is 297 g/mol. The Bertz CT molecular complexity index is 830. The van der Waals surface area contributed by atoms with Crippen molar-refractivity contribution in [3.63, 3.8) is 0 Å². The average Bonchev–Trinajstić information content (AvgIpc) is 2.51. The number of aromatic nitrogens is 2. The van der Waals surface area contributed by atoms with Crippen LogP contribution in [0.3, 0.4) is 0 Å². The van der Waals surface area contributed by atoms with Gasteiger partial charge in [0.25, 0.3) is 5.56 Å². The summed E-state index contributed by atoms with van der Waals surface area (Å²) in [6.45, 7) is 3.59. The van der Waals surface area contributed by atoms with E-state index in [9.17, 15) is 14.7 Å². The zero-order valence-corrected chi connectivity index (χ0v) is 11.8. The summed E-state index contributed by atoms with van der Waals surface area (Å²) in [5, 5.41) is 10.00. The summed E-state index contributed by atoms with van der Waals surface area (Å²) in [5.74, 6) is -0.405. The summed E-state index contributed by atoms with van der Waals surface area (Å²) in [5.41, 5.74) is -0.590. The minimum Gasteiger partial charge on any atom is -0.494 e. The Labute approximate surface area is 126 Å². The first kappa shape index (κ1) is 15.2. The van der Waals surface area contributed by atoms with Crippen molar-refractivity contribution in [1.82, 2.24) is 9.55 Å². The fourth-order valence-corrected chi connectivity index (χ4v) is 1.81. The molecule has 1 heterocycles. The molecule has 0 spiro atoms. The number of aromatic hydroxyl groups is 1. The largest absolute Gasteiger partial charge is 0.494 e. The summed E-state index contributed by atoms with van der Waals surface area (Å²) in [6, 6.07) is 9.27. The zero-order valence-electron chi connectivity index (χ0n) is 11.8. The molecule has 0 fully saturated rings. The van der Waals surface area contributed by atoms with Crippen LogP contribution in [0.25, 0.3) is 6.08 Å². The fourth-order valence-electron chi connectivity index (χ4n) is 1.81.